The number of hydrogen-bond donors (Lipinski definition) is 1. The van der Waals surface area contributed by atoms with E-state index in [1.807, 2.05) is 6.07 Å². The molecule has 0 aliphatic carbocycles. The zero-order chi connectivity index (χ0) is 18.2. The van der Waals surface area contributed by atoms with Gasteiger partial charge in [0.15, 0.2) is 11.5 Å². The molecular weight excluding hydrogens is 322 g/mol. The van der Waals surface area contributed by atoms with E-state index in [-0.39, 0.29) is 12.3 Å². The molecule has 6 heteroatoms. The van der Waals surface area contributed by atoms with Crippen molar-refractivity contribution < 1.29 is 23.8 Å². The van der Waals surface area contributed by atoms with Crippen LogP contribution in [-0.4, -0.2) is 33.2 Å². The smallest absolute Gasteiger partial charge is 0.307 e. The molecular formula is C19H21NO5. The standard InChI is InChI=1S/C19H21NO5/c1-23-16-10-9-14(11-17(16)24-2)15(12-18(21)25-3)20-19(22)13-7-5-4-6-8-13/h4-11,15H,12H2,1-3H3,(H,20,22)/t15-/m0/s1. The Bertz CT molecular complexity index is 730. The van der Waals surface area contributed by atoms with Crippen molar-refractivity contribution in [3.63, 3.8) is 0 Å². The quantitative estimate of drug-likeness (QED) is 0.783. The second kappa shape index (κ2) is 8.73. The van der Waals surface area contributed by atoms with Gasteiger partial charge in [-0.05, 0) is 29.8 Å². The third kappa shape index (κ3) is 4.73. The van der Waals surface area contributed by atoms with Crippen molar-refractivity contribution in [2.45, 2.75) is 12.5 Å². The van der Waals surface area contributed by atoms with Crippen molar-refractivity contribution in [1.82, 2.24) is 5.32 Å². The molecule has 0 radical (unpaired) electrons. The summed E-state index contributed by atoms with van der Waals surface area (Å²) in [5, 5.41) is 2.87. The second-order valence-electron chi connectivity index (χ2n) is 5.29. The van der Waals surface area contributed by atoms with Gasteiger partial charge in [0.25, 0.3) is 5.91 Å². The maximum absolute atomic E-state index is 12.5. The van der Waals surface area contributed by atoms with Gasteiger partial charge in [-0.15, -0.1) is 0 Å². The normalized spacial score (nSPS) is 11.3. The number of nitrogens with one attached hydrogen (secondary N) is 1. The van der Waals surface area contributed by atoms with E-state index >= 15 is 0 Å². The summed E-state index contributed by atoms with van der Waals surface area (Å²) in [6.45, 7) is 0. The topological polar surface area (TPSA) is 73.9 Å². The minimum Gasteiger partial charge on any atom is -0.493 e. The van der Waals surface area contributed by atoms with Crippen LogP contribution in [0.2, 0.25) is 0 Å². The lowest BCUT2D eigenvalue weighted by molar-refractivity contribution is -0.141. The molecule has 6 nitrogen and oxygen atoms in total. The summed E-state index contributed by atoms with van der Waals surface area (Å²) in [7, 11) is 4.38. The molecule has 0 spiro atoms. The van der Waals surface area contributed by atoms with Crippen LogP contribution in [0, 0.1) is 0 Å². The zero-order valence-electron chi connectivity index (χ0n) is 14.4. The molecule has 0 bridgehead atoms. The fourth-order valence-corrected chi connectivity index (χ4v) is 2.40. The van der Waals surface area contributed by atoms with Gasteiger partial charge in [0.05, 0.1) is 33.8 Å². The number of ether oxygens (including phenoxy) is 3. The minimum absolute atomic E-state index is 0.00452. The maximum Gasteiger partial charge on any atom is 0.307 e. The van der Waals surface area contributed by atoms with Crippen LogP contribution in [-0.2, 0) is 9.53 Å². The van der Waals surface area contributed by atoms with Crippen molar-refractivity contribution in [2.75, 3.05) is 21.3 Å². The molecule has 0 saturated carbocycles. The van der Waals surface area contributed by atoms with E-state index in [9.17, 15) is 9.59 Å². The Balaban J connectivity index is 2.29. The highest BCUT2D eigenvalue weighted by Gasteiger charge is 2.21. The molecule has 25 heavy (non-hydrogen) atoms. The lowest BCUT2D eigenvalue weighted by Crippen LogP contribution is -2.30. The number of benzene rings is 2. The Morgan fingerprint density at radius 3 is 2.24 bits per heavy atom. The summed E-state index contributed by atoms with van der Waals surface area (Å²) < 4.78 is 15.3. The first-order valence-electron chi connectivity index (χ1n) is 7.73. The van der Waals surface area contributed by atoms with Crippen molar-refractivity contribution in [3.05, 3.63) is 59.7 Å². The van der Waals surface area contributed by atoms with Gasteiger partial charge in [0.2, 0.25) is 0 Å². The van der Waals surface area contributed by atoms with Crippen LogP contribution < -0.4 is 14.8 Å². The SMILES string of the molecule is COC(=O)C[C@H](NC(=O)c1ccccc1)c1ccc(OC)c(OC)c1. The first-order valence-corrected chi connectivity index (χ1v) is 7.73. The Labute approximate surface area is 146 Å². The summed E-state index contributed by atoms with van der Waals surface area (Å²) >= 11 is 0. The minimum atomic E-state index is -0.556. The number of esters is 1. The number of methoxy groups -OCH3 is 3. The fourth-order valence-electron chi connectivity index (χ4n) is 2.40. The van der Waals surface area contributed by atoms with E-state index in [1.54, 1.807) is 49.6 Å². The van der Waals surface area contributed by atoms with Crippen LogP contribution in [0.3, 0.4) is 0 Å². The molecule has 2 rings (SSSR count). The lowest BCUT2D eigenvalue weighted by atomic mass is 10.0. The highest BCUT2D eigenvalue weighted by Crippen LogP contribution is 2.31. The lowest BCUT2D eigenvalue weighted by Gasteiger charge is -2.20. The number of hydrogen-bond acceptors (Lipinski definition) is 5. The molecule has 1 atom stereocenters. The number of carbonyl (C=O) groups excluding carboxylic acids is 2. The fraction of sp³-hybridized carbons (Fsp3) is 0.263. The van der Waals surface area contributed by atoms with E-state index in [0.29, 0.717) is 22.6 Å². The van der Waals surface area contributed by atoms with Gasteiger partial charge >= 0.3 is 5.97 Å². The van der Waals surface area contributed by atoms with E-state index in [4.69, 9.17) is 14.2 Å². The van der Waals surface area contributed by atoms with Crippen LogP contribution in [0.5, 0.6) is 11.5 Å². The molecule has 0 aliphatic heterocycles. The largest absolute Gasteiger partial charge is 0.493 e. The molecule has 0 heterocycles. The maximum atomic E-state index is 12.5. The summed E-state index contributed by atoms with van der Waals surface area (Å²) in [6.07, 6.45) is 0.00452. The molecule has 2 aromatic rings. The monoisotopic (exact) mass is 343 g/mol. The first-order chi connectivity index (χ1) is 12.1. The molecule has 0 unspecified atom stereocenters. The average molecular weight is 343 g/mol. The van der Waals surface area contributed by atoms with Gasteiger partial charge in [0.1, 0.15) is 0 Å². The van der Waals surface area contributed by atoms with Crippen LogP contribution in [0.4, 0.5) is 0 Å². The van der Waals surface area contributed by atoms with Gasteiger partial charge in [-0.3, -0.25) is 9.59 Å². The molecule has 1 amide bonds. The van der Waals surface area contributed by atoms with Crippen molar-refractivity contribution in [3.8, 4) is 11.5 Å². The van der Waals surface area contributed by atoms with Gasteiger partial charge in [0, 0.05) is 5.56 Å². The molecule has 132 valence electrons. The molecule has 0 aliphatic rings. The van der Waals surface area contributed by atoms with E-state index in [0.717, 1.165) is 0 Å². The summed E-state index contributed by atoms with van der Waals surface area (Å²) in [4.78, 5) is 24.2. The molecule has 2 aromatic carbocycles. The van der Waals surface area contributed by atoms with Gasteiger partial charge < -0.3 is 19.5 Å². The molecule has 0 saturated heterocycles. The molecule has 1 N–H and O–H groups in total. The summed E-state index contributed by atoms with van der Waals surface area (Å²) in [6, 6.07) is 13.5. The first kappa shape index (κ1) is 18.3. The van der Waals surface area contributed by atoms with E-state index in [1.165, 1.54) is 14.2 Å². The van der Waals surface area contributed by atoms with Crippen LogP contribution in [0.1, 0.15) is 28.4 Å². The van der Waals surface area contributed by atoms with Crippen LogP contribution >= 0.6 is 0 Å². The van der Waals surface area contributed by atoms with Crippen molar-refractivity contribution >= 4 is 11.9 Å². The predicted molar refractivity (Wildman–Crippen MR) is 92.8 cm³/mol. The third-order valence-electron chi connectivity index (χ3n) is 3.75. The van der Waals surface area contributed by atoms with Crippen LogP contribution in [0.25, 0.3) is 0 Å². The highest BCUT2D eigenvalue weighted by atomic mass is 16.5. The van der Waals surface area contributed by atoms with E-state index in [2.05, 4.69) is 5.32 Å². The number of amides is 1. The summed E-state index contributed by atoms with van der Waals surface area (Å²) in [5.74, 6) is 0.388. The van der Waals surface area contributed by atoms with Gasteiger partial charge in [-0.1, -0.05) is 24.3 Å². The highest BCUT2D eigenvalue weighted by molar-refractivity contribution is 5.94. The Morgan fingerprint density at radius 2 is 1.64 bits per heavy atom. The zero-order valence-corrected chi connectivity index (χ0v) is 14.4. The molecule has 0 fully saturated rings. The average Bonchev–Trinajstić information content (AvgIpc) is 2.67. The predicted octanol–water partition coefficient (Wildman–Crippen LogP) is 2.74. The Kier molecular flexibility index (Phi) is 6.39. The van der Waals surface area contributed by atoms with Crippen molar-refractivity contribution in [2.24, 2.45) is 0 Å². The van der Waals surface area contributed by atoms with Gasteiger partial charge in [-0.25, -0.2) is 0 Å². The molecule has 0 aromatic heterocycles. The van der Waals surface area contributed by atoms with Gasteiger partial charge in [-0.2, -0.15) is 0 Å². The van der Waals surface area contributed by atoms with E-state index < -0.39 is 12.0 Å². The van der Waals surface area contributed by atoms with Crippen LogP contribution in [0.15, 0.2) is 48.5 Å². The van der Waals surface area contributed by atoms with Crippen molar-refractivity contribution in [1.29, 1.82) is 0 Å². The Morgan fingerprint density at radius 1 is 0.960 bits per heavy atom. The Hall–Kier alpha value is -3.02. The summed E-state index contributed by atoms with van der Waals surface area (Å²) in [5.41, 5.74) is 1.23. The third-order valence-corrected chi connectivity index (χ3v) is 3.75. The number of carbonyl (C=O) groups is 2. The second-order valence-corrected chi connectivity index (χ2v) is 5.29. The number of rotatable bonds is 7.